The number of benzene rings is 2. The van der Waals surface area contributed by atoms with Gasteiger partial charge < -0.3 is 15.0 Å². The van der Waals surface area contributed by atoms with E-state index in [1.807, 2.05) is 6.92 Å². The Hall–Kier alpha value is -2.98. The van der Waals surface area contributed by atoms with Crippen molar-refractivity contribution in [3.05, 3.63) is 74.3 Å². The molecule has 0 atom stereocenters. The molecule has 1 saturated heterocycles. The summed E-state index contributed by atoms with van der Waals surface area (Å²) in [5, 5.41) is 11.4. The highest BCUT2D eigenvalue weighted by molar-refractivity contribution is 7.71. The van der Waals surface area contributed by atoms with Gasteiger partial charge >= 0.3 is 6.18 Å². The Labute approximate surface area is 198 Å². The second-order valence-corrected chi connectivity index (χ2v) is 8.94. The van der Waals surface area contributed by atoms with E-state index < -0.39 is 17.3 Å². The number of nitrogens with zero attached hydrogens (tertiary/aromatic N) is 2. The Balaban J connectivity index is 1.54. The quantitative estimate of drug-likeness (QED) is 0.523. The molecule has 2 heterocycles. The third kappa shape index (κ3) is 4.52. The standard InChI is InChI=1S/C24H24F3N3O3S/c1-2-10-30-21(32)18-7-6-15(13-19(18)28-22(30)34)20(31)29-11-8-23(33,9-12-29)16-4-3-5-17(14-16)24(25,26)27/h3-7,13-14,33H,2,8-12H2,1H3,(H,28,34). The highest BCUT2D eigenvalue weighted by atomic mass is 32.1. The Morgan fingerprint density at radius 3 is 2.53 bits per heavy atom. The maximum atomic E-state index is 13.1. The van der Waals surface area contributed by atoms with Crippen LogP contribution >= 0.6 is 12.2 Å². The van der Waals surface area contributed by atoms with Crippen LogP contribution in [0.25, 0.3) is 10.9 Å². The van der Waals surface area contributed by atoms with Gasteiger partial charge in [0, 0.05) is 25.2 Å². The van der Waals surface area contributed by atoms with Crippen LogP contribution in [0.15, 0.2) is 47.3 Å². The number of hydrogen-bond acceptors (Lipinski definition) is 4. The van der Waals surface area contributed by atoms with E-state index in [0.717, 1.165) is 18.6 Å². The van der Waals surface area contributed by atoms with Crippen molar-refractivity contribution in [3.63, 3.8) is 0 Å². The van der Waals surface area contributed by atoms with Gasteiger partial charge in [-0.25, -0.2) is 0 Å². The lowest BCUT2D eigenvalue weighted by Crippen LogP contribution is -2.45. The molecule has 2 aromatic carbocycles. The zero-order valence-corrected chi connectivity index (χ0v) is 19.3. The predicted molar refractivity (Wildman–Crippen MR) is 124 cm³/mol. The second-order valence-electron chi connectivity index (χ2n) is 8.55. The number of hydrogen-bond donors (Lipinski definition) is 2. The summed E-state index contributed by atoms with van der Waals surface area (Å²) in [4.78, 5) is 30.3. The molecule has 1 fully saturated rings. The molecule has 180 valence electrons. The van der Waals surface area contributed by atoms with Gasteiger partial charge in [0.05, 0.1) is 22.1 Å². The number of aromatic amines is 1. The number of carbonyl (C=O) groups excluding carboxylic acids is 1. The Bertz CT molecular complexity index is 1360. The lowest BCUT2D eigenvalue weighted by Gasteiger charge is -2.38. The molecule has 4 rings (SSSR count). The minimum absolute atomic E-state index is 0.109. The predicted octanol–water partition coefficient (Wildman–Crippen LogP) is 4.61. The minimum atomic E-state index is -4.50. The largest absolute Gasteiger partial charge is 0.416 e. The van der Waals surface area contributed by atoms with E-state index in [-0.39, 0.29) is 47.7 Å². The van der Waals surface area contributed by atoms with Crippen molar-refractivity contribution in [1.82, 2.24) is 14.5 Å². The van der Waals surface area contributed by atoms with Crippen molar-refractivity contribution in [2.45, 2.75) is 44.5 Å². The summed E-state index contributed by atoms with van der Waals surface area (Å²) in [7, 11) is 0. The van der Waals surface area contributed by atoms with Crippen LogP contribution < -0.4 is 5.56 Å². The molecule has 6 nitrogen and oxygen atoms in total. The number of halogens is 3. The van der Waals surface area contributed by atoms with E-state index >= 15 is 0 Å². The summed E-state index contributed by atoms with van der Waals surface area (Å²) < 4.78 is 41.0. The summed E-state index contributed by atoms with van der Waals surface area (Å²) in [6, 6.07) is 9.43. The van der Waals surface area contributed by atoms with Gasteiger partial charge in [0.25, 0.3) is 11.5 Å². The average molecular weight is 492 g/mol. The van der Waals surface area contributed by atoms with Gasteiger partial charge in [-0.2, -0.15) is 13.2 Å². The van der Waals surface area contributed by atoms with Gasteiger partial charge in [-0.1, -0.05) is 19.1 Å². The Morgan fingerprint density at radius 1 is 1.18 bits per heavy atom. The van der Waals surface area contributed by atoms with E-state index in [9.17, 15) is 27.9 Å². The Morgan fingerprint density at radius 2 is 1.88 bits per heavy atom. The van der Waals surface area contributed by atoms with Gasteiger partial charge in [0.15, 0.2) is 4.77 Å². The topological polar surface area (TPSA) is 78.3 Å². The van der Waals surface area contributed by atoms with Crippen LogP contribution in [0.1, 0.15) is 47.7 Å². The summed E-state index contributed by atoms with van der Waals surface area (Å²) in [5.41, 5.74) is -1.47. The van der Waals surface area contributed by atoms with Crippen molar-refractivity contribution in [1.29, 1.82) is 0 Å². The van der Waals surface area contributed by atoms with E-state index in [2.05, 4.69) is 4.98 Å². The fraction of sp³-hybridized carbons (Fsp3) is 0.375. The highest BCUT2D eigenvalue weighted by Crippen LogP contribution is 2.37. The fourth-order valence-electron chi connectivity index (χ4n) is 4.35. The summed E-state index contributed by atoms with van der Waals surface area (Å²) in [6.07, 6.45) is -3.53. The van der Waals surface area contributed by atoms with E-state index in [1.165, 1.54) is 16.7 Å². The first kappa shape index (κ1) is 24.2. The molecule has 3 aromatic rings. The molecule has 0 bridgehead atoms. The van der Waals surface area contributed by atoms with Gasteiger partial charge in [-0.05, 0) is 67.4 Å². The fourth-order valence-corrected chi connectivity index (χ4v) is 4.63. The van der Waals surface area contributed by atoms with E-state index in [4.69, 9.17) is 12.2 Å². The molecule has 34 heavy (non-hydrogen) atoms. The monoisotopic (exact) mass is 491 g/mol. The molecular weight excluding hydrogens is 467 g/mol. The molecule has 0 unspecified atom stereocenters. The molecule has 0 spiro atoms. The first-order valence-corrected chi connectivity index (χ1v) is 11.4. The lowest BCUT2D eigenvalue weighted by atomic mass is 9.83. The molecule has 1 aliphatic rings. The summed E-state index contributed by atoms with van der Waals surface area (Å²) >= 11 is 5.28. The van der Waals surface area contributed by atoms with E-state index in [0.29, 0.717) is 23.0 Å². The van der Waals surface area contributed by atoms with Crippen LogP contribution in [0.3, 0.4) is 0 Å². The van der Waals surface area contributed by atoms with Crippen LogP contribution in [-0.4, -0.2) is 38.6 Å². The number of aliphatic hydroxyl groups is 1. The number of alkyl halides is 3. The number of carbonyl (C=O) groups is 1. The van der Waals surface area contributed by atoms with Crippen molar-refractivity contribution >= 4 is 29.0 Å². The van der Waals surface area contributed by atoms with Gasteiger partial charge in [0.1, 0.15) is 0 Å². The third-order valence-corrected chi connectivity index (χ3v) is 6.60. The van der Waals surface area contributed by atoms with Gasteiger partial charge in [0.2, 0.25) is 0 Å². The van der Waals surface area contributed by atoms with Crippen LogP contribution in [0, 0.1) is 4.77 Å². The first-order chi connectivity index (χ1) is 16.0. The molecule has 1 amide bonds. The lowest BCUT2D eigenvalue weighted by molar-refractivity contribution is -0.137. The van der Waals surface area contributed by atoms with Crippen molar-refractivity contribution in [2.75, 3.05) is 13.1 Å². The zero-order chi connectivity index (χ0) is 24.7. The number of likely N-dealkylation sites (tertiary alicyclic amines) is 1. The SMILES string of the molecule is CCCn1c(=S)[nH]c2cc(C(=O)N3CCC(O)(c4cccc(C(F)(F)F)c4)CC3)ccc2c1=O. The molecule has 10 heteroatoms. The van der Waals surface area contributed by atoms with Crippen LogP contribution in [0.4, 0.5) is 13.2 Å². The minimum Gasteiger partial charge on any atom is -0.385 e. The smallest absolute Gasteiger partial charge is 0.385 e. The number of amides is 1. The average Bonchev–Trinajstić information content (AvgIpc) is 2.81. The number of aromatic nitrogens is 2. The number of fused-ring (bicyclic) bond motifs is 1. The number of H-pyrrole nitrogens is 1. The highest BCUT2D eigenvalue weighted by Gasteiger charge is 2.38. The Kier molecular flexibility index (Phi) is 6.39. The number of rotatable bonds is 4. The van der Waals surface area contributed by atoms with Crippen molar-refractivity contribution < 1.29 is 23.1 Å². The maximum Gasteiger partial charge on any atom is 0.416 e. The molecular formula is C24H24F3N3O3S. The number of piperidine rings is 1. The van der Waals surface area contributed by atoms with E-state index in [1.54, 1.807) is 23.1 Å². The van der Waals surface area contributed by atoms with Gasteiger partial charge in [-0.15, -0.1) is 0 Å². The third-order valence-electron chi connectivity index (χ3n) is 6.28. The van der Waals surface area contributed by atoms with Crippen molar-refractivity contribution in [3.8, 4) is 0 Å². The van der Waals surface area contributed by atoms with Gasteiger partial charge in [-0.3, -0.25) is 14.2 Å². The maximum absolute atomic E-state index is 13.1. The molecule has 0 saturated carbocycles. The molecule has 1 aliphatic heterocycles. The summed E-state index contributed by atoms with van der Waals surface area (Å²) in [6.45, 7) is 2.79. The molecule has 0 radical (unpaired) electrons. The van der Waals surface area contributed by atoms with Crippen LogP contribution in [0.5, 0.6) is 0 Å². The second kappa shape index (κ2) is 8.99. The normalized spacial score (nSPS) is 16.1. The van der Waals surface area contributed by atoms with Crippen LogP contribution in [-0.2, 0) is 18.3 Å². The first-order valence-electron chi connectivity index (χ1n) is 11.0. The molecule has 2 N–H and O–H groups in total. The molecule has 1 aromatic heterocycles. The molecule has 0 aliphatic carbocycles. The summed E-state index contributed by atoms with van der Waals surface area (Å²) in [5.74, 6) is -0.287. The zero-order valence-electron chi connectivity index (χ0n) is 18.5. The van der Waals surface area contributed by atoms with Crippen molar-refractivity contribution in [2.24, 2.45) is 0 Å². The number of nitrogens with one attached hydrogen (secondary N) is 1. The van der Waals surface area contributed by atoms with Crippen LogP contribution in [0.2, 0.25) is 0 Å².